The first-order chi connectivity index (χ1) is 8.15. The maximum atomic E-state index is 12.0. The fraction of sp³-hybridized carbons (Fsp3) is 0.923. The summed E-state index contributed by atoms with van der Waals surface area (Å²) in [6.45, 7) is 4.16. The smallest absolute Gasteiger partial charge is 0.237 e. The Labute approximate surface area is 104 Å². The molecule has 1 aliphatic heterocycles. The lowest BCUT2D eigenvalue weighted by atomic mass is 10.2. The third kappa shape index (κ3) is 3.68. The predicted molar refractivity (Wildman–Crippen MR) is 68.9 cm³/mol. The highest BCUT2D eigenvalue weighted by Crippen LogP contribution is 2.17. The number of hydrogen-bond donors (Lipinski definition) is 2. The minimum atomic E-state index is -0.0629. The summed E-state index contributed by atoms with van der Waals surface area (Å²) in [7, 11) is 2.13. The van der Waals surface area contributed by atoms with Crippen LogP contribution in [0.25, 0.3) is 0 Å². The van der Waals surface area contributed by atoms with Crippen LogP contribution in [0.4, 0.5) is 0 Å². The highest BCUT2D eigenvalue weighted by molar-refractivity contribution is 5.81. The Morgan fingerprint density at radius 2 is 1.94 bits per heavy atom. The van der Waals surface area contributed by atoms with Crippen molar-refractivity contribution in [1.82, 2.24) is 15.5 Å². The highest BCUT2D eigenvalue weighted by Gasteiger charge is 2.25. The monoisotopic (exact) mass is 239 g/mol. The van der Waals surface area contributed by atoms with E-state index in [4.69, 9.17) is 0 Å². The van der Waals surface area contributed by atoms with Gasteiger partial charge in [-0.15, -0.1) is 0 Å². The Morgan fingerprint density at radius 3 is 2.53 bits per heavy atom. The normalized spacial score (nSPS) is 28.5. The zero-order valence-electron chi connectivity index (χ0n) is 11.0. The van der Waals surface area contributed by atoms with Crippen molar-refractivity contribution in [3.63, 3.8) is 0 Å². The molecular weight excluding hydrogens is 214 g/mol. The lowest BCUT2D eigenvalue weighted by Gasteiger charge is -2.21. The first-order valence-electron chi connectivity index (χ1n) is 6.90. The van der Waals surface area contributed by atoms with Gasteiger partial charge in [0.05, 0.1) is 6.04 Å². The number of nitrogens with zero attached hydrogens (tertiary/aromatic N) is 1. The summed E-state index contributed by atoms with van der Waals surface area (Å²) >= 11 is 0. The van der Waals surface area contributed by atoms with E-state index in [9.17, 15) is 4.79 Å². The zero-order chi connectivity index (χ0) is 12.3. The molecule has 1 amide bonds. The minimum Gasteiger partial charge on any atom is -0.352 e. The highest BCUT2D eigenvalue weighted by atomic mass is 16.2. The molecule has 2 rings (SSSR count). The number of hydrogen-bond acceptors (Lipinski definition) is 3. The minimum absolute atomic E-state index is 0.0629. The van der Waals surface area contributed by atoms with Crippen molar-refractivity contribution in [2.45, 2.75) is 57.2 Å². The Bertz CT molecular complexity index is 263. The number of likely N-dealkylation sites (tertiary alicyclic amines) is 1. The second-order valence-electron chi connectivity index (χ2n) is 5.63. The van der Waals surface area contributed by atoms with Gasteiger partial charge in [-0.2, -0.15) is 0 Å². The maximum absolute atomic E-state index is 12.0. The first-order valence-corrected chi connectivity index (χ1v) is 6.90. The molecule has 2 aliphatic rings. The van der Waals surface area contributed by atoms with Crippen molar-refractivity contribution in [2.75, 3.05) is 20.1 Å². The second kappa shape index (κ2) is 5.83. The van der Waals surface area contributed by atoms with Crippen LogP contribution < -0.4 is 10.6 Å². The quantitative estimate of drug-likeness (QED) is 0.760. The van der Waals surface area contributed by atoms with Crippen LogP contribution in [0.5, 0.6) is 0 Å². The molecule has 2 fully saturated rings. The fourth-order valence-electron chi connectivity index (χ4n) is 2.90. The molecule has 0 aromatic carbocycles. The number of carbonyl (C=O) groups is 1. The molecule has 0 aromatic heterocycles. The molecule has 17 heavy (non-hydrogen) atoms. The average Bonchev–Trinajstić information content (AvgIpc) is 2.90. The van der Waals surface area contributed by atoms with E-state index >= 15 is 0 Å². The van der Waals surface area contributed by atoms with E-state index in [0.717, 1.165) is 32.4 Å². The molecule has 1 saturated carbocycles. The van der Waals surface area contributed by atoms with Crippen LogP contribution in [0, 0.1) is 0 Å². The molecule has 4 heteroatoms. The summed E-state index contributed by atoms with van der Waals surface area (Å²) in [5.74, 6) is 0.173. The third-order valence-corrected chi connectivity index (χ3v) is 3.97. The molecule has 2 N–H and O–H groups in total. The molecule has 1 aliphatic carbocycles. The predicted octanol–water partition coefficient (Wildman–Crippen LogP) is 0.727. The van der Waals surface area contributed by atoms with Gasteiger partial charge in [-0.25, -0.2) is 0 Å². The van der Waals surface area contributed by atoms with Crippen molar-refractivity contribution < 1.29 is 4.79 Å². The van der Waals surface area contributed by atoms with E-state index in [-0.39, 0.29) is 11.9 Å². The fourth-order valence-corrected chi connectivity index (χ4v) is 2.90. The summed E-state index contributed by atoms with van der Waals surface area (Å²) in [5.41, 5.74) is 0. The molecule has 1 saturated heterocycles. The second-order valence-corrected chi connectivity index (χ2v) is 5.63. The third-order valence-electron chi connectivity index (χ3n) is 3.97. The van der Waals surface area contributed by atoms with Crippen molar-refractivity contribution in [1.29, 1.82) is 0 Å². The summed E-state index contributed by atoms with van der Waals surface area (Å²) in [4.78, 5) is 14.3. The van der Waals surface area contributed by atoms with Gasteiger partial charge in [0.25, 0.3) is 0 Å². The Morgan fingerprint density at radius 1 is 1.24 bits per heavy atom. The number of rotatable bonds is 4. The molecule has 0 radical (unpaired) electrons. The van der Waals surface area contributed by atoms with Crippen LogP contribution in [0.1, 0.15) is 39.0 Å². The Kier molecular flexibility index (Phi) is 4.40. The topological polar surface area (TPSA) is 44.4 Å². The van der Waals surface area contributed by atoms with Gasteiger partial charge in [0, 0.05) is 18.6 Å². The summed E-state index contributed by atoms with van der Waals surface area (Å²) < 4.78 is 0. The molecule has 4 nitrogen and oxygen atoms in total. The average molecular weight is 239 g/mol. The van der Waals surface area contributed by atoms with Crippen LogP contribution in [-0.4, -0.2) is 49.1 Å². The van der Waals surface area contributed by atoms with E-state index in [1.165, 1.54) is 12.8 Å². The maximum Gasteiger partial charge on any atom is 0.237 e. The number of nitrogens with one attached hydrogen (secondary N) is 2. The molecule has 98 valence electrons. The largest absolute Gasteiger partial charge is 0.352 e. The van der Waals surface area contributed by atoms with Gasteiger partial charge in [0.2, 0.25) is 5.91 Å². The standard InChI is InChI=1S/C13H25N3O/c1-10(14-12-7-8-16(2)9-12)13(17)15-11-5-3-4-6-11/h10-12,14H,3-9H2,1-2H3,(H,15,17). The summed E-state index contributed by atoms with van der Waals surface area (Å²) in [6, 6.07) is 0.842. The van der Waals surface area contributed by atoms with E-state index in [1.807, 2.05) is 6.92 Å². The van der Waals surface area contributed by atoms with Gasteiger partial charge in [0.15, 0.2) is 0 Å². The Hall–Kier alpha value is -0.610. The molecule has 0 spiro atoms. The molecule has 2 atom stereocenters. The van der Waals surface area contributed by atoms with E-state index < -0.39 is 0 Å². The number of amides is 1. The van der Waals surface area contributed by atoms with Crippen LogP contribution in [0.2, 0.25) is 0 Å². The van der Waals surface area contributed by atoms with Crippen molar-refractivity contribution in [2.24, 2.45) is 0 Å². The van der Waals surface area contributed by atoms with Gasteiger partial charge in [0.1, 0.15) is 0 Å². The Balaban J connectivity index is 1.71. The zero-order valence-corrected chi connectivity index (χ0v) is 11.0. The van der Waals surface area contributed by atoms with Crippen molar-refractivity contribution >= 4 is 5.91 Å². The van der Waals surface area contributed by atoms with Gasteiger partial charge in [-0.1, -0.05) is 12.8 Å². The molecular formula is C13H25N3O. The first kappa shape index (κ1) is 12.8. The van der Waals surface area contributed by atoms with E-state index in [0.29, 0.717) is 12.1 Å². The van der Waals surface area contributed by atoms with Gasteiger partial charge < -0.3 is 15.5 Å². The van der Waals surface area contributed by atoms with Crippen molar-refractivity contribution in [3.8, 4) is 0 Å². The molecule has 0 aromatic rings. The van der Waals surface area contributed by atoms with E-state index in [1.54, 1.807) is 0 Å². The number of carbonyl (C=O) groups excluding carboxylic acids is 1. The van der Waals surface area contributed by atoms with Crippen LogP contribution in [0.3, 0.4) is 0 Å². The summed E-state index contributed by atoms with van der Waals surface area (Å²) in [5, 5.41) is 6.58. The molecule has 2 unspecified atom stereocenters. The van der Waals surface area contributed by atoms with Gasteiger partial charge in [-0.3, -0.25) is 4.79 Å². The SMILES string of the molecule is CC(NC1CCN(C)C1)C(=O)NC1CCCC1. The number of likely N-dealkylation sites (N-methyl/N-ethyl adjacent to an activating group) is 1. The van der Waals surface area contributed by atoms with Gasteiger partial charge in [-0.05, 0) is 39.8 Å². The summed E-state index contributed by atoms with van der Waals surface area (Å²) in [6.07, 6.45) is 5.99. The van der Waals surface area contributed by atoms with Crippen LogP contribution in [-0.2, 0) is 4.79 Å². The van der Waals surface area contributed by atoms with E-state index in [2.05, 4.69) is 22.6 Å². The lowest BCUT2D eigenvalue weighted by Crippen LogP contribution is -2.49. The van der Waals surface area contributed by atoms with Crippen LogP contribution in [0.15, 0.2) is 0 Å². The molecule has 0 bridgehead atoms. The van der Waals surface area contributed by atoms with Gasteiger partial charge >= 0.3 is 0 Å². The van der Waals surface area contributed by atoms with Crippen molar-refractivity contribution in [3.05, 3.63) is 0 Å². The lowest BCUT2D eigenvalue weighted by molar-refractivity contribution is -0.123. The van der Waals surface area contributed by atoms with Crippen LogP contribution >= 0.6 is 0 Å². The molecule has 1 heterocycles.